The van der Waals surface area contributed by atoms with E-state index in [2.05, 4.69) is 9.97 Å². The zero-order valence-electron chi connectivity index (χ0n) is 11.4. The van der Waals surface area contributed by atoms with Gasteiger partial charge in [0, 0.05) is 12.1 Å². The number of nitrogens with zero attached hydrogens (tertiary/aromatic N) is 2. The summed E-state index contributed by atoms with van der Waals surface area (Å²) in [6, 6.07) is 14.3. The van der Waals surface area contributed by atoms with Crippen LogP contribution in [0.2, 0.25) is 0 Å². The highest BCUT2D eigenvalue weighted by Gasteiger charge is 2.07. The van der Waals surface area contributed by atoms with Crippen molar-refractivity contribution in [1.82, 2.24) is 9.97 Å². The second-order valence-corrected chi connectivity index (χ2v) is 4.78. The van der Waals surface area contributed by atoms with Gasteiger partial charge in [-0.2, -0.15) is 0 Å². The molecule has 3 aromatic rings. The van der Waals surface area contributed by atoms with Crippen molar-refractivity contribution in [3.63, 3.8) is 0 Å². The Balaban J connectivity index is 1.98. The molecule has 1 aromatic heterocycles. The van der Waals surface area contributed by atoms with Gasteiger partial charge in [-0.25, -0.2) is 4.98 Å². The summed E-state index contributed by atoms with van der Waals surface area (Å²) >= 11 is 0. The zero-order chi connectivity index (χ0) is 14.8. The van der Waals surface area contributed by atoms with Crippen molar-refractivity contribution in [2.24, 2.45) is 0 Å². The van der Waals surface area contributed by atoms with Gasteiger partial charge >= 0.3 is 0 Å². The van der Waals surface area contributed by atoms with Crippen LogP contribution in [0.3, 0.4) is 0 Å². The van der Waals surface area contributed by atoms with Crippen molar-refractivity contribution in [2.45, 2.75) is 6.92 Å². The quantitative estimate of drug-likeness (QED) is 0.581. The molecular formula is C16H13N3O2. The number of hydrogen-bond acceptors (Lipinski definition) is 3. The number of fused-ring (bicyclic) bond motifs is 1. The molecule has 0 spiro atoms. The molecule has 5 nitrogen and oxygen atoms in total. The number of para-hydroxylation sites is 2. The molecule has 0 radical (unpaired) electrons. The van der Waals surface area contributed by atoms with Gasteiger partial charge in [-0.3, -0.25) is 10.1 Å². The van der Waals surface area contributed by atoms with Crippen LogP contribution in [0.1, 0.15) is 18.3 Å². The first-order chi connectivity index (χ1) is 10.1. The first-order valence-electron chi connectivity index (χ1n) is 6.51. The Morgan fingerprint density at radius 2 is 2.05 bits per heavy atom. The molecule has 2 aromatic carbocycles. The fourth-order valence-electron chi connectivity index (χ4n) is 2.19. The molecule has 0 aliphatic heterocycles. The number of hydrogen-bond donors (Lipinski definition) is 1. The average Bonchev–Trinajstić information content (AvgIpc) is 2.91. The van der Waals surface area contributed by atoms with Gasteiger partial charge in [0.05, 0.1) is 16.0 Å². The standard InChI is InChI=1S/C16H13N3O2/c1-11(9-12-5-4-6-13(10-12)19(20)21)16-17-14-7-2-3-8-15(14)18-16/h2-10H,1H3,(H,17,18)/b11-9+. The fraction of sp³-hybridized carbons (Fsp3) is 0.0625. The molecule has 3 rings (SSSR count). The number of aromatic amines is 1. The van der Waals surface area contributed by atoms with Gasteiger partial charge in [0.2, 0.25) is 0 Å². The SMILES string of the molecule is C/C(=C\c1cccc([N+](=O)[O-])c1)c1nc2ccccc2[nH]1. The van der Waals surface area contributed by atoms with Crippen molar-refractivity contribution in [3.05, 3.63) is 70.0 Å². The predicted molar refractivity (Wildman–Crippen MR) is 82.7 cm³/mol. The maximum absolute atomic E-state index is 10.8. The number of H-pyrrole nitrogens is 1. The van der Waals surface area contributed by atoms with E-state index in [1.54, 1.807) is 12.1 Å². The van der Waals surface area contributed by atoms with Crippen LogP contribution >= 0.6 is 0 Å². The normalized spacial score (nSPS) is 11.8. The first-order valence-corrected chi connectivity index (χ1v) is 6.51. The molecule has 0 saturated carbocycles. The molecule has 0 aliphatic rings. The third kappa shape index (κ3) is 2.67. The third-order valence-corrected chi connectivity index (χ3v) is 3.23. The number of non-ortho nitro benzene ring substituents is 1. The van der Waals surface area contributed by atoms with Gasteiger partial charge in [-0.1, -0.05) is 24.3 Å². The second kappa shape index (κ2) is 5.20. The van der Waals surface area contributed by atoms with Crippen LogP contribution in [0, 0.1) is 10.1 Å². The topological polar surface area (TPSA) is 71.8 Å². The zero-order valence-corrected chi connectivity index (χ0v) is 11.4. The van der Waals surface area contributed by atoms with Gasteiger partial charge in [-0.05, 0) is 36.3 Å². The van der Waals surface area contributed by atoms with Crippen LogP contribution in [-0.4, -0.2) is 14.9 Å². The smallest absolute Gasteiger partial charge is 0.270 e. The van der Waals surface area contributed by atoms with E-state index in [-0.39, 0.29) is 5.69 Å². The molecule has 0 unspecified atom stereocenters. The van der Waals surface area contributed by atoms with Crippen LogP contribution in [0.5, 0.6) is 0 Å². The minimum atomic E-state index is -0.395. The molecule has 0 bridgehead atoms. The summed E-state index contributed by atoms with van der Waals surface area (Å²) in [4.78, 5) is 18.1. The van der Waals surface area contributed by atoms with E-state index >= 15 is 0 Å². The van der Waals surface area contributed by atoms with Gasteiger partial charge in [0.1, 0.15) is 5.82 Å². The van der Waals surface area contributed by atoms with E-state index in [1.807, 2.05) is 43.3 Å². The number of rotatable bonds is 3. The van der Waals surface area contributed by atoms with E-state index < -0.39 is 4.92 Å². The summed E-state index contributed by atoms with van der Waals surface area (Å²) in [6.07, 6.45) is 1.88. The molecule has 0 amide bonds. The highest BCUT2D eigenvalue weighted by atomic mass is 16.6. The number of nitro groups is 1. The highest BCUT2D eigenvalue weighted by molar-refractivity contribution is 5.83. The van der Waals surface area contributed by atoms with Crippen LogP contribution in [-0.2, 0) is 0 Å². The molecular weight excluding hydrogens is 266 g/mol. The lowest BCUT2D eigenvalue weighted by molar-refractivity contribution is -0.384. The van der Waals surface area contributed by atoms with Crippen molar-refractivity contribution >= 4 is 28.4 Å². The van der Waals surface area contributed by atoms with E-state index in [1.165, 1.54) is 6.07 Å². The maximum atomic E-state index is 10.8. The highest BCUT2D eigenvalue weighted by Crippen LogP contribution is 2.21. The van der Waals surface area contributed by atoms with Gasteiger partial charge in [-0.15, -0.1) is 0 Å². The molecule has 1 heterocycles. The van der Waals surface area contributed by atoms with Crippen LogP contribution in [0.4, 0.5) is 5.69 Å². The molecule has 0 aliphatic carbocycles. The summed E-state index contributed by atoms with van der Waals surface area (Å²) in [5.74, 6) is 0.766. The van der Waals surface area contributed by atoms with Crippen LogP contribution in [0.15, 0.2) is 48.5 Å². The van der Waals surface area contributed by atoms with Gasteiger partial charge < -0.3 is 4.98 Å². The monoisotopic (exact) mass is 279 g/mol. The van der Waals surface area contributed by atoms with Gasteiger partial charge in [0.25, 0.3) is 5.69 Å². The first kappa shape index (κ1) is 13.1. The average molecular weight is 279 g/mol. The largest absolute Gasteiger partial charge is 0.338 e. The lowest BCUT2D eigenvalue weighted by Crippen LogP contribution is -1.88. The summed E-state index contributed by atoms with van der Waals surface area (Å²) in [7, 11) is 0. The van der Waals surface area contributed by atoms with Crippen LogP contribution in [0.25, 0.3) is 22.7 Å². The molecule has 5 heteroatoms. The molecule has 1 N–H and O–H groups in total. The minimum absolute atomic E-state index is 0.0844. The lowest BCUT2D eigenvalue weighted by atomic mass is 10.1. The van der Waals surface area contributed by atoms with E-state index in [9.17, 15) is 10.1 Å². The van der Waals surface area contributed by atoms with Crippen molar-refractivity contribution in [2.75, 3.05) is 0 Å². The lowest BCUT2D eigenvalue weighted by Gasteiger charge is -1.98. The van der Waals surface area contributed by atoms with E-state index in [0.29, 0.717) is 0 Å². The van der Waals surface area contributed by atoms with E-state index in [4.69, 9.17) is 0 Å². The maximum Gasteiger partial charge on any atom is 0.270 e. The Labute approximate surface area is 121 Å². The molecule has 104 valence electrons. The Morgan fingerprint density at radius 1 is 1.24 bits per heavy atom. The van der Waals surface area contributed by atoms with E-state index in [0.717, 1.165) is 28.0 Å². The number of aromatic nitrogens is 2. The third-order valence-electron chi connectivity index (χ3n) is 3.23. The second-order valence-electron chi connectivity index (χ2n) is 4.78. The summed E-state index contributed by atoms with van der Waals surface area (Å²) in [5, 5.41) is 10.8. The number of imidazole rings is 1. The summed E-state index contributed by atoms with van der Waals surface area (Å²) in [5.41, 5.74) is 3.66. The molecule has 0 fully saturated rings. The summed E-state index contributed by atoms with van der Waals surface area (Å²) < 4.78 is 0. The Kier molecular flexibility index (Phi) is 3.23. The van der Waals surface area contributed by atoms with Crippen LogP contribution < -0.4 is 0 Å². The Morgan fingerprint density at radius 3 is 2.81 bits per heavy atom. The van der Waals surface area contributed by atoms with Crippen molar-refractivity contribution in [3.8, 4) is 0 Å². The van der Waals surface area contributed by atoms with Gasteiger partial charge in [0.15, 0.2) is 0 Å². The predicted octanol–water partition coefficient (Wildman–Crippen LogP) is 4.03. The number of nitrogens with one attached hydrogen (secondary N) is 1. The van der Waals surface area contributed by atoms with Crippen molar-refractivity contribution < 1.29 is 4.92 Å². The van der Waals surface area contributed by atoms with Crippen molar-refractivity contribution in [1.29, 1.82) is 0 Å². The fourth-order valence-corrected chi connectivity index (χ4v) is 2.19. The Hall–Kier alpha value is -2.95. The summed E-state index contributed by atoms with van der Waals surface area (Å²) in [6.45, 7) is 1.93. The number of nitro benzene ring substituents is 1. The minimum Gasteiger partial charge on any atom is -0.338 e. The molecule has 0 atom stereocenters. The number of benzene rings is 2. The molecule has 21 heavy (non-hydrogen) atoms. The number of allylic oxidation sites excluding steroid dienone is 1. The Bertz CT molecular complexity index is 816. The molecule has 0 saturated heterocycles.